The first-order chi connectivity index (χ1) is 9.97. The molecule has 2 aromatic carbocycles. The molecule has 0 fully saturated rings. The number of halogens is 2. The third-order valence-corrected chi connectivity index (χ3v) is 3.50. The minimum Gasteiger partial charge on any atom is -0.489 e. The van der Waals surface area contributed by atoms with Crippen molar-refractivity contribution in [1.29, 1.82) is 0 Å². The van der Waals surface area contributed by atoms with Gasteiger partial charge in [-0.05, 0) is 41.5 Å². The van der Waals surface area contributed by atoms with Gasteiger partial charge in [-0.2, -0.15) is 0 Å². The van der Waals surface area contributed by atoms with Crippen molar-refractivity contribution >= 4 is 39.9 Å². The van der Waals surface area contributed by atoms with Gasteiger partial charge in [-0.3, -0.25) is 4.79 Å². The van der Waals surface area contributed by atoms with E-state index >= 15 is 0 Å². The van der Waals surface area contributed by atoms with Gasteiger partial charge in [0.1, 0.15) is 16.8 Å². The number of fused-ring (bicyclic) bond motifs is 1. The number of benzene rings is 2. The van der Waals surface area contributed by atoms with Gasteiger partial charge in [0.2, 0.25) is 0 Å². The molecule has 3 nitrogen and oxygen atoms in total. The number of carboxylic acid groups (broad SMARTS) is 1. The molecule has 0 bridgehead atoms. The number of ether oxygens (including phenoxy) is 1. The molecule has 0 amide bonds. The average Bonchev–Trinajstić information content (AvgIpc) is 2.45. The Hall–Kier alpha value is -1.71. The molecule has 0 spiro atoms. The lowest BCUT2D eigenvalue weighted by atomic mass is 9.98. The summed E-state index contributed by atoms with van der Waals surface area (Å²) in [5.41, 5.74) is 0.778. The lowest BCUT2D eigenvalue weighted by Crippen LogP contribution is -2.07. The maximum absolute atomic E-state index is 11.0. The molecule has 0 saturated heterocycles. The Morgan fingerprint density at radius 2 is 1.90 bits per heavy atom. The predicted molar refractivity (Wildman–Crippen MR) is 85.3 cm³/mol. The fourth-order valence-electron chi connectivity index (χ4n) is 1.94. The van der Waals surface area contributed by atoms with E-state index in [2.05, 4.69) is 0 Å². The lowest BCUT2D eigenvalue weighted by molar-refractivity contribution is -0.138. The molecular formula is C16H14Cl2O3. The van der Waals surface area contributed by atoms with Gasteiger partial charge in [-0.15, -0.1) is 0 Å². The fraction of sp³-hybridized carbons (Fsp3) is 0.188. The summed E-state index contributed by atoms with van der Waals surface area (Å²) in [6, 6.07) is 11.2. The number of aliphatic carboxylic acids is 1. The maximum atomic E-state index is 11.0. The summed E-state index contributed by atoms with van der Waals surface area (Å²) in [7, 11) is 0. The second kappa shape index (κ2) is 6.83. The molecule has 1 unspecified atom stereocenters. The van der Waals surface area contributed by atoms with E-state index in [4.69, 9.17) is 33.0 Å². The van der Waals surface area contributed by atoms with Crippen LogP contribution in [0.1, 0.15) is 18.4 Å². The molecule has 0 heterocycles. The van der Waals surface area contributed by atoms with Crippen LogP contribution in [0.15, 0.2) is 47.0 Å². The highest BCUT2D eigenvalue weighted by molar-refractivity contribution is 6.55. The van der Waals surface area contributed by atoms with E-state index in [0.717, 1.165) is 16.3 Å². The molecule has 0 saturated carbocycles. The first kappa shape index (κ1) is 15.7. The summed E-state index contributed by atoms with van der Waals surface area (Å²) >= 11 is 11.0. The van der Waals surface area contributed by atoms with Gasteiger partial charge in [0, 0.05) is 0 Å². The van der Waals surface area contributed by atoms with Gasteiger partial charge in [0.05, 0.1) is 5.92 Å². The zero-order valence-corrected chi connectivity index (χ0v) is 12.9. The molecule has 21 heavy (non-hydrogen) atoms. The Morgan fingerprint density at radius 1 is 1.24 bits per heavy atom. The van der Waals surface area contributed by atoms with Crippen LogP contribution in [0, 0.1) is 0 Å². The van der Waals surface area contributed by atoms with E-state index in [0.29, 0.717) is 12.4 Å². The lowest BCUT2D eigenvalue weighted by Gasteiger charge is -2.09. The van der Waals surface area contributed by atoms with Crippen molar-refractivity contribution in [3.05, 3.63) is 52.5 Å². The molecule has 2 rings (SSSR count). The van der Waals surface area contributed by atoms with E-state index in [-0.39, 0.29) is 4.49 Å². The average molecular weight is 325 g/mol. The summed E-state index contributed by atoms with van der Waals surface area (Å²) in [6.45, 7) is 1.96. The molecule has 0 radical (unpaired) electrons. The smallest absolute Gasteiger partial charge is 0.310 e. The molecule has 1 N–H and O–H groups in total. The monoisotopic (exact) mass is 324 g/mol. The van der Waals surface area contributed by atoms with Gasteiger partial charge >= 0.3 is 5.97 Å². The highest BCUT2D eigenvalue weighted by Gasteiger charge is 2.13. The topological polar surface area (TPSA) is 46.5 Å². The van der Waals surface area contributed by atoms with E-state index in [1.54, 1.807) is 13.0 Å². The van der Waals surface area contributed by atoms with Crippen molar-refractivity contribution < 1.29 is 14.6 Å². The zero-order valence-electron chi connectivity index (χ0n) is 11.3. The molecule has 1 atom stereocenters. The minimum absolute atomic E-state index is 0.170. The highest BCUT2D eigenvalue weighted by Crippen LogP contribution is 2.25. The van der Waals surface area contributed by atoms with Crippen LogP contribution in [0.5, 0.6) is 5.75 Å². The Balaban J connectivity index is 2.23. The molecule has 110 valence electrons. The van der Waals surface area contributed by atoms with Crippen molar-refractivity contribution in [1.82, 2.24) is 0 Å². The van der Waals surface area contributed by atoms with Crippen LogP contribution >= 0.6 is 23.2 Å². The molecule has 0 aliphatic carbocycles. The SMILES string of the molecule is CC(C(=O)O)c1ccc2cc(OCC=C(Cl)Cl)ccc2c1. The fourth-order valence-corrected chi connectivity index (χ4v) is 2.07. The molecule has 0 aromatic heterocycles. The highest BCUT2D eigenvalue weighted by atomic mass is 35.5. The van der Waals surface area contributed by atoms with E-state index in [1.807, 2.05) is 36.4 Å². The first-order valence-electron chi connectivity index (χ1n) is 6.38. The van der Waals surface area contributed by atoms with Crippen molar-refractivity contribution in [2.75, 3.05) is 6.61 Å². The van der Waals surface area contributed by atoms with Crippen LogP contribution in [-0.2, 0) is 4.79 Å². The summed E-state index contributed by atoms with van der Waals surface area (Å²) in [6.07, 6.45) is 1.56. The van der Waals surface area contributed by atoms with Gasteiger partial charge < -0.3 is 9.84 Å². The third-order valence-electron chi connectivity index (χ3n) is 3.19. The Morgan fingerprint density at radius 3 is 2.57 bits per heavy atom. The number of hydrogen-bond donors (Lipinski definition) is 1. The van der Waals surface area contributed by atoms with Gasteiger partial charge in [-0.25, -0.2) is 0 Å². The Kier molecular flexibility index (Phi) is 5.10. The van der Waals surface area contributed by atoms with Gasteiger partial charge in [0.25, 0.3) is 0 Å². The molecule has 0 aliphatic rings. The summed E-state index contributed by atoms with van der Waals surface area (Å²) in [5.74, 6) is -0.660. The van der Waals surface area contributed by atoms with Crippen LogP contribution in [0.3, 0.4) is 0 Å². The summed E-state index contributed by atoms with van der Waals surface area (Å²) in [5, 5.41) is 11.0. The van der Waals surface area contributed by atoms with Crippen molar-refractivity contribution in [2.24, 2.45) is 0 Å². The van der Waals surface area contributed by atoms with Gasteiger partial charge in [-0.1, -0.05) is 47.5 Å². The number of hydrogen-bond acceptors (Lipinski definition) is 2. The minimum atomic E-state index is -0.834. The van der Waals surface area contributed by atoms with Crippen LogP contribution < -0.4 is 4.74 Å². The van der Waals surface area contributed by atoms with Crippen LogP contribution in [0.25, 0.3) is 10.8 Å². The second-order valence-electron chi connectivity index (χ2n) is 4.63. The number of rotatable bonds is 5. The first-order valence-corrected chi connectivity index (χ1v) is 7.13. The third kappa shape index (κ3) is 4.13. The Bertz CT molecular complexity index is 691. The summed E-state index contributed by atoms with van der Waals surface area (Å²) < 4.78 is 5.67. The second-order valence-corrected chi connectivity index (χ2v) is 5.64. The van der Waals surface area contributed by atoms with Gasteiger partial charge in [0.15, 0.2) is 0 Å². The van der Waals surface area contributed by atoms with Crippen LogP contribution in [0.2, 0.25) is 0 Å². The van der Waals surface area contributed by atoms with Crippen molar-refractivity contribution in [3.8, 4) is 5.75 Å². The van der Waals surface area contributed by atoms with Crippen molar-refractivity contribution in [2.45, 2.75) is 12.8 Å². The van der Waals surface area contributed by atoms with Crippen LogP contribution in [0.4, 0.5) is 0 Å². The van der Waals surface area contributed by atoms with E-state index in [1.165, 1.54) is 0 Å². The largest absolute Gasteiger partial charge is 0.489 e. The quantitative estimate of drug-likeness (QED) is 0.865. The number of carboxylic acids is 1. The van der Waals surface area contributed by atoms with Crippen molar-refractivity contribution in [3.63, 3.8) is 0 Å². The van der Waals surface area contributed by atoms with Crippen LogP contribution in [-0.4, -0.2) is 17.7 Å². The molecule has 0 aliphatic heterocycles. The zero-order chi connectivity index (χ0) is 15.4. The van der Waals surface area contributed by atoms with E-state index < -0.39 is 11.9 Å². The molecule has 2 aromatic rings. The molecular weight excluding hydrogens is 311 g/mol. The maximum Gasteiger partial charge on any atom is 0.310 e. The normalized spacial score (nSPS) is 12.0. The van der Waals surface area contributed by atoms with E-state index in [9.17, 15) is 4.79 Å². The Labute approximate surface area is 132 Å². The summed E-state index contributed by atoms with van der Waals surface area (Å²) in [4.78, 5) is 11.0. The standard InChI is InChI=1S/C16H14Cl2O3/c1-10(16(19)20)11-2-3-13-9-14(5-4-12(13)8-11)21-7-6-15(17)18/h2-6,8-10H,7H2,1H3,(H,19,20). The number of carbonyl (C=O) groups is 1. The predicted octanol–water partition coefficient (Wildman–Crippen LogP) is 4.73. The molecule has 5 heteroatoms.